The zero-order chi connectivity index (χ0) is 20.3. The molecule has 1 unspecified atom stereocenters. The summed E-state index contributed by atoms with van der Waals surface area (Å²) >= 11 is 0. The van der Waals surface area contributed by atoms with E-state index in [1.807, 2.05) is 32.0 Å². The topological polar surface area (TPSA) is 94.4 Å². The number of benzene rings is 1. The second-order valence-electron chi connectivity index (χ2n) is 6.87. The van der Waals surface area contributed by atoms with E-state index in [2.05, 4.69) is 10.6 Å². The number of amides is 2. The first-order valence-electron chi connectivity index (χ1n) is 9.97. The first-order valence-corrected chi connectivity index (χ1v) is 9.97. The molecule has 2 aromatic rings. The fourth-order valence-corrected chi connectivity index (χ4v) is 3.82. The number of nitrogens with one attached hydrogen (secondary N) is 2. The van der Waals surface area contributed by atoms with Gasteiger partial charge in [0.25, 0.3) is 0 Å². The van der Waals surface area contributed by atoms with Gasteiger partial charge >= 0.3 is 5.69 Å². The highest BCUT2D eigenvalue weighted by atomic mass is 16.5. The average Bonchev–Trinajstić information content (AvgIpc) is 2.96. The van der Waals surface area contributed by atoms with Gasteiger partial charge in [-0.3, -0.25) is 24.0 Å². The molecule has 0 aliphatic carbocycles. The smallest absolute Gasteiger partial charge is 0.329 e. The van der Waals surface area contributed by atoms with Crippen molar-refractivity contribution in [2.24, 2.45) is 7.05 Å². The summed E-state index contributed by atoms with van der Waals surface area (Å²) in [5.74, 6) is -0.0740. The van der Waals surface area contributed by atoms with Crippen LogP contribution >= 0.6 is 0 Å². The molecule has 2 N–H and O–H groups in total. The van der Waals surface area contributed by atoms with Gasteiger partial charge in [-0.1, -0.05) is 19.9 Å². The summed E-state index contributed by atoms with van der Waals surface area (Å²) in [5, 5.41) is 5.63. The molecule has 4 rings (SSSR count). The number of fused-ring (bicyclic) bond motifs is 1. The largest absolute Gasteiger partial charge is 0.488 e. The lowest BCUT2D eigenvalue weighted by atomic mass is 10.1. The summed E-state index contributed by atoms with van der Waals surface area (Å²) in [6.45, 7) is 5.83. The average molecular weight is 388 g/mol. The number of carbonyl (C=O) groups is 2. The minimum atomic E-state index is -0.682. The molecule has 8 nitrogen and oxygen atoms in total. The zero-order valence-corrected chi connectivity index (χ0v) is 16.7. The quantitative estimate of drug-likeness (QED) is 0.777. The Bertz CT molecular complexity index is 924. The number of imide groups is 1. The van der Waals surface area contributed by atoms with Crippen LogP contribution in [0.5, 0.6) is 5.75 Å². The van der Waals surface area contributed by atoms with Gasteiger partial charge in [-0.05, 0) is 44.5 Å². The molecular formula is C20H28N4O4. The summed E-state index contributed by atoms with van der Waals surface area (Å²) in [6, 6.07) is 4.83. The predicted molar refractivity (Wildman–Crippen MR) is 106 cm³/mol. The number of aromatic nitrogens is 2. The Hall–Kier alpha value is -2.61. The Kier molecular flexibility index (Phi) is 6.18. The maximum Gasteiger partial charge on any atom is 0.329 e. The Labute approximate surface area is 163 Å². The third kappa shape index (κ3) is 3.69. The third-order valence-electron chi connectivity index (χ3n) is 5.17. The normalized spacial score (nSPS) is 20.5. The van der Waals surface area contributed by atoms with E-state index in [1.165, 1.54) is 9.13 Å². The van der Waals surface area contributed by atoms with Crippen LogP contribution in [0.1, 0.15) is 45.6 Å². The van der Waals surface area contributed by atoms with Crippen molar-refractivity contribution < 1.29 is 14.3 Å². The van der Waals surface area contributed by atoms with Crippen molar-refractivity contribution in [3.63, 3.8) is 0 Å². The van der Waals surface area contributed by atoms with Crippen molar-refractivity contribution >= 4 is 22.8 Å². The highest BCUT2D eigenvalue weighted by molar-refractivity contribution is 6.00. The van der Waals surface area contributed by atoms with Gasteiger partial charge < -0.3 is 10.1 Å². The lowest BCUT2D eigenvalue weighted by Gasteiger charge is -2.24. The number of para-hydroxylation sites is 1. The third-order valence-corrected chi connectivity index (χ3v) is 5.17. The zero-order valence-electron chi connectivity index (χ0n) is 16.7. The summed E-state index contributed by atoms with van der Waals surface area (Å²) in [5.41, 5.74) is 1.05. The van der Waals surface area contributed by atoms with Crippen LogP contribution in [-0.2, 0) is 16.6 Å². The van der Waals surface area contributed by atoms with Crippen molar-refractivity contribution in [2.75, 3.05) is 13.1 Å². The van der Waals surface area contributed by atoms with Crippen LogP contribution in [0.3, 0.4) is 0 Å². The number of rotatable bonds is 3. The van der Waals surface area contributed by atoms with Crippen molar-refractivity contribution in [2.45, 2.75) is 51.7 Å². The molecule has 0 saturated carbocycles. The SMILES string of the molecule is CC.Cn1c(=O)n(C2CCC(=O)NC2=O)c2cccc(OC3CCNCC3)c21. The van der Waals surface area contributed by atoms with Gasteiger partial charge in [0.1, 0.15) is 23.4 Å². The van der Waals surface area contributed by atoms with E-state index < -0.39 is 11.9 Å². The van der Waals surface area contributed by atoms with E-state index in [4.69, 9.17) is 4.74 Å². The molecule has 2 amide bonds. The van der Waals surface area contributed by atoms with Crippen LogP contribution in [-0.4, -0.2) is 40.1 Å². The van der Waals surface area contributed by atoms with Crippen LogP contribution in [0.4, 0.5) is 0 Å². The molecular weight excluding hydrogens is 360 g/mol. The standard InChI is InChI=1S/C18H22N4O4.C2H6/c1-21-16-12(3-2-4-14(16)26-11-7-9-19-10-8-11)22(18(21)25)13-5-6-15(23)20-17(13)24;1-2/h2-4,11,13,19H,5-10H2,1H3,(H,20,23,24);1-2H3. The van der Waals surface area contributed by atoms with Gasteiger partial charge in [-0.2, -0.15) is 0 Å². The number of hydrogen-bond acceptors (Lipinski definition) is 5. The fraction of sp³-hybridized carbons (Fsp3) is 0.550. The van der Waals surface area contributed by atoms with E-state index in [1.54, 1.807) is 7.05 Å². The first kappa shape index (κ1) is 20.1. The Balaban J connectivity index is 0.00000109. The maximum absolute atomic E-state index is 12.9. The molecule has 0 spiro atoms. The van der Waals surface area contributed by atoms with Crippen LogP contribution in [0.15, 0.2) is 23.0 Å². The first-order chi connectivity index (χ1) is 13.6. The van der Waals surface area contributed by atoms with Crippen LogP contribution < -0.4 is 21.1 Å². The molecule has 2 saturated heterocycles. The second kappa shape index (κ2) is 8.60. The molecule has 8 heteroatoms. The van der Waals surface area contributed by atoms with Crippen molar-refractivity contribution in [3.05, 3.63) is 28.7 Å². The Morgan fingerprint density at radius 1 is 1.07 bits per heavy atom. The molecule has 0 bridgehead atoms. The number of hydrogen-bond donors (Lipinski definition) is 2. The molecule has 2 fully saturated rings. The number of imidazole rings is 1. The highest BCUT2D eigenvalue weighted by Gasteiger charge is 2.32. The monoisotopic (exact) mass is 388 g/mol. The lowest BCUT2D eigenvalue weighted by Crippen LogP contribution is -2.44. The van der Waals surface area contributed by atoms with Crippen LogP contribution in [0.25, 0.3) is 11.0 Å². The lowest BCUT2D eigenvalue weighted by molar-refractivity contribution is -0.135. The Morgan fingerprint density at radius 3 is 2.46 bits per heavy atom. The second-order valence-corrected chi connectivity index (χ2v) is 6.87. The molecule has 0 radical (unpaired) electrons. The van der Waals surface area contributed by atoms with Crippen molar-refractivity contribution in [1.82, 2.24) is 19.8 Å². The van der Waals surface area contributed by atoms with E-state index in [0.29, 0.717) is 23.2 Å². The van der Waals surface area contributed by atoms with Crippen molar-refractivity contribution in [3.8, 4) is 5.75 Å². The summed E-state index contributed by atoms with van der Waals surface area (Å²) in [6.07, 6.45) is 2.49. The van der Waals surface area contributed by atoms with E-state index in [9.17, 15) is 14.4 Å². The van der Waals surface area contributed by atoms with Gasteiger partial charge in [0, 0.05) is 13.5 Å². The molecule has 1 atom stereocenters. The fourth-order valence-electron chi connectivity index (χ4n) is 3.82. The van der Waals surface area contributed by atoms with Gasteiger partial charge in [0.15, 0.2) is 0 Å². The molecule has 1 aromatic heterocycles. The molecule has 3 heterocycles. The van der Waals surface area contributed by atoms with E-state index >= 15 is 0 Å². The summed E-state index contributed by atoms with van der Waals surface area (Å²) in [4.78, 5) is 36.6. The molecule has 2 aliphatic rings. The van der Waals surface area contributed by atoms with Gasteiger partial charge in [0.05, 0.1) is 5.52 Å². The highest BCUT2D eigenvalue weighted by Crippen LogP contribution is 2.30. The number of nitrogens with zero attached hydrogens (tertiary/aromatic N) is 2. The predicted octanol–water partition coefficient (Wildman–Crippen LogP) is 1.47. The minimum absolute atomic E-state index is 0.107. The van der Waals surface area contributed by atoms with Crippen molar-refractivity contribution in [1.29, 1.82) is 0 Å². The number of carbonyl (C=O) groups excluding carboxylic acids is 2. The van der Waals surface area contributed by atoms with Crippen LogP contribution in [0, 0.1) is 0 Å². The molecule has 2 aliphatic heterocycles. The van der Waals surface area contributed by atoms with Crippen LogP contribution in [0.2, 0.25) is 0 Å². The maximum atomic E-state index is 12.9. The number of piperidine rings is 2. The van der Waals surface area contributed by atoms with Gasteiger partial charge in [-0.25, -0.2) is 4.79 Å². The number of aryl methyl sites for hydroxylation is 1. The van der Waals surface area contributed by atoms with E-state index in [0.717, 1.165) is 25.9 Å². The molecule has 28 heavy (non-hydrogen) atoms. The molecule has 1 aromatic carbocycles. The number of ether oxygens (including phenoxy) is 1. The summed E-state index contributed by atoms with van der Waals surface area (Å²) < 4.78 is 9.18. The van der Waals surface area contributed by atoms with E-state index in [-0.39, 0.29) is 24.1 Å². The molecule has 152 valence electrons. The van der Waals surface area contributed by atoms with Gasteiger partial charge in [-0.15, -0.1) is 0 Å². The minimum Gasteiger partial charge on any atom is -0.488 e. The Morgan fingerprint density at radius 2 is 1.79 bits per heavy atom. The summed E-state index contributed by atoms with van der Waals surface area (Å²) in [7, 11) is 1.68. The van der Waals surface area contributed by atoms with Gasteiger partial charge in [0.2, 0.25) is 11.8 Å².